The van der Waals surface area contributed by atoms with Crippen molar-refractivity contribution >= 4 is 92.9 Å². The Morgan fingerprint density at radius 2 is 0.608 bits per heavy atom. The molecule has 0 aliphatic rings. The molecule has 0 aliphatic heterocycles. The number of hydrogen-bond donors (Lipinski definition) is 0. The van der Waals surface area contributed by atoms with Gasteiger partial charge in [-0.25, -0.2) is 4.85 Å². The molecule has 0 unspecified atom stereocenters. The lowest BCUT2D eigenvalue weighted by Gasteiger charge is -2.22. The fourth-order valence-corrected chi connectivity index (χ4v) is 15.5. The molecular weight excluding hydrogens is 1200 g/mol. The Hall–Kier alpha value is -12.4. The summed E-state index contributed by atoms with van der Waals surface area (Å²) >= 11 is 0. The Morgan fingerprint density at radius 1 is 0.320 bits per heavy atom. The minimum absolute atomic E-state index is 0.143. The molecule has 0 radical (unpaired) electrons. The molecule has 97 heavy (non-hydrogen) atoms. The molecule has 466 valence electrons. The van der Waals surface area contributed by atoms with Crippen LogP contribution in [0.2, 0.25) is 0 Å². The maximum Gasteiger partial charge on any atom is 0.415 e. The van der Waals surface area contributed by atoms with E-state index in [9.17, 15) is 29.0 Å². The summed E-state index contributed by atoms with van der Waals surface area (Å²) in [6.07, 6.45) is -4.62. The molecule has 8 nitrogen and oxygen atoms in total. The fourth-order valence-electron chi connectivity index (χ4n) is 15.5. The average Bonchev–Trinajstić information content (AvgIpc) is 1.25. The third-order valence-electron chi connectivity index (χ3n) is 19.7. The van der Waals surface area contributed by atoms with Gasteiger partial charge in [0, 0.05) is 54.2 Å². The van der Waals surface area contributed by atoms with Gasteiger partial charge in [-0.15, -0.1) is 0 Å². The number of alkyl halides is 3. The van der Waals surface area contributed by atoms with Gasteiger partial charge in [0.2, 0.25) is 0 Å². The minimum atomic E-state index is -4.62. The van der Waals surface area contributed by atoms with Gasteiger partial charge in [-0.05, 0) is 159 Å². The Labute approximate surface area is 558 Å². The van der Waals surface area contributed by atoms with Gasteiger partial charge in [-0.2, -0.15) is 29.0 Å². The van der Waals surface area contributed by atoms with Gasteiger partial charge < -0.3 is 18.3 Å². The number of nitrogens with zero attached hydrogens (tertiary/aromatic N) is 8. The zero-order valence-corrected chi connectivity index (χ0v) is 54.8. The van der Waals surface area contributed by atoms with Crippen LogP contribution in [0.4, 0.5) is 18.9 Å². The number of fused-ring (bicyclic) bond motifs is 12. The molecule has 4 heterocycles. The quantitative estimate of drug-likeness (QED) is 0.155. The Morgan fingerprint density at radius 3 is 0.887 bits per heavy atom. The lowest BCUT2D eigenvalue weighted by molar-refractivity contribution is -0.137. The molecule has 16 rings (SSSR count). The summed E-state index contributed by atoms with van der Waals surface area (Å²) in [7, 11) is 0. The second kappa shape index (κ2) is 23.0. The number of rotatable bonds is 6. The highest BCUT2D eigenvalue weighted by molar-refractivity contribution is 6.16. The second-order valence-corrected chi connectivity index (χ2v) is 25.5. The van der Waals surface area contributed by atoms with E-state index in [1.54, 1.807) is 0 Å². The summed E-state index contributed by atoms with van der Waals surface area (Å²) in [6.45, 7) is 26.8. The van der Waals surface area contributed by atoms with E-state index >= 15 is 0 Å². The zero-order chi connectivity index (χ0) is 67.6. The van der Waals surface area contributed by atoms with Crippen LogP contribution in [-0.2, 0) is 6.18 Å². The topological polar surface area (TPSA) is 95.4 Å². The highest BCUT2D eigenvalue weighted by Gasteiger charge is 2.33. The van der Waals surface area contributed by atoms with Gasteiger partial charge in [0.1, 0.15) is 23.3 Å². The highest BCUT2D eigenvalue weighted by Crippen LogP contribution is 2.49. The van der Waals surface area contributed by atoms with Crippen molar-refractivity contribution in [2.45, 2.75) is 68.5 Å². The number of nitriles is 3. The largest absolute Gasteiger partial charge is 0.415 e. The molecule has 11 heteroatoms. The Balaban J connectivity index is 0.000000159. The maximum atomic E-state index is 13.9. The normalized spacial score (nSPS) is 11.7. The molecule has 0 N–H and O–H groups in total. The van der Waals surface area contributed by atoms with Crippen molar-refractivity contribution in [3.63, 3.8) is 0 Å². The van der Waals surface area contributed by atoms with Crippen molar-refractivity contribution in [2.24, 2.45) is 0 Å². The predicted molar refractivity (Wildman–Crippen MR) is 389 cm³/mol. The first-order valence-corrected chi connectivity index (χ1v) is 32.1. The third-order valence-corrected chi connectivity index (χ3v) is 19.7. The first-order valence-electron chi connectivity index (χ1n) is 32.1. The number of halogens is 3. The summed E-state index contributed by atoms with van der Waals surface area (Å²) in [5.41, 5.74) is 23.8. The third kappa shape index (κ3) is 9.23. The first-order chi connectivity index (χ1) is 46.9. The van der Waals surface area contributed by atoms with Crippen LogP contribution in [0.3, 0.4) is 0 Å². The van der Waals surface area contributed by atoms with Crippen molar-refractivity contribution in [3.8, 4) is 63.2 Å². The SMILES string of the molecule is Cc1cc(C#N)ccc1-c1ccc(-n2c3c(C)cccc3c3cccc(C)c32)c(C#N)c1-n1c2c(C)cccc2c2cccc(C)c21.[C-]#[N+]c1cc(C(F)(F)F)ccc1-c1ccc(-n2c3c(C)cccc3c3cccc(C)c32)c(C#N)c1-n1c2c(C)cccc2c2cccc(C)c21. The monoisotopic (exact) mass is 1260 g/mol. The lowest BCUT2D eigenvalue weighted by atomic mass is 9.93. The van der Waals surface area contributed by atoms with Crippen molar-refractivity contribution in [1.29, 1.82) is 15.8 Å². The molecule has 0 amide bonds. The van der Waals surface area contributed by atoms with Gasteiger partial charge >= 0.3 is 6.18 Å². The smallest absolute Gasteiger partial charge is 0.307 e. The summed E-state index contributed by atoms with van der Waals surface area (Å²) in [5.74, 6) is 0. The molecule has 0 bridgehead atoms. The van der Waals surface area contributed by atoms with Gasteiger partial charge in [0.05, 0.1) is 85.1 Å². The van der Waals surface area contributed by atoms with E-state index in [2.05, 4.69) is 204 Å². The number of para-hydroxylation sites is 8. The molecule has 16 aromatic rings. The Kier molecular flexibility index (Phi) is 14.4. The number of aryl methyl sites for hydroxylation is 9. The van der Waals surface area contributed by atoms with Crippen molar-refractivity contribution in [1.82, 2.24) is 18.3 Å². The number of benzene rings is 12. The fraction of sp³-hybridized carbons (Fsp3) is 0.116. The van der Waals surface area contributed by atoms with Crippen LogP contribution in [0, 0.1) is 103 Å². The van der Waals surface area contributed by atoms with Gasteiger partial charge in [-0.1, -0.05) is 176 Å². The van der Waals surface area contributed by atoms with Crippen LogP contribution >= 0.6 is 0 Å². The summed E-state index contributed by atoms with van der Waals surface area (Å²) in [4.78, 5) is 3.59. The van der Waals surface area contributed by atoms with Gasteiger partial charge in [0.25, 0.3) is 0 Å². The summed E-state index contributed by atoms with van der Waals surface area (Å²) in [5, 5.41) is 41.1. The van der Waals surface area contributed by atoms with E-state index in [-0.39, 0.29) is 5.69 Å². The number of aromatic nitrogens is 4. The van der Waals surface area contributed by atoms with Crippen LogP contribution in [0.1, 0.15) is 72.3 Å². The van der Waals surface area contributed by atoms with Crippen LogP contribution in [0.15, 0.2) is 206 Å². The van der Waals surface area contributed by atoms with Crippen LogP contribution in [0.25, 0.3) is 137 Å². The summed E-state index contributed by atoms with van der Waals surface area (Å²) < 4.78 is 50.5. The standard InChI is InChI=1S/C43H29F3N4.C43H32N4/c1-24-10-6-14-30-31-15-7-11-25(2)39(31)49(38(24)30)37-21-20-34(29-19-18-28(43(44,45)46)22-36(29)48-5)42(35(37)23-47)50-40-26(3)12-8-16-32(40)33-17-9-13-27(4)41(33)50;1-25-10-6-14-32-33-15-7-11-26(2)40(33)46(39(25)32)38-21-20-36(31-19-18-30(23-44)22-29(31)5)43(37(38)24-45)47-41-27(3)12-8-16-34(41)35-17-9-13-28(4)42(35)47/h6-22H,1-4H3;6-22H,1-5H3. The van der Waals surface area contributed by atoms with Gasteiger partial charge in [0.15, 0.2) is 5.69 Å². The van der Waals surface area contributed by atoms with E-state index in [0.717, 1.165) is 161 Å². The summed E-state index contributed by atoms with van der Waals surface area (Å²) in [6, 6.07) is 74.9. The van der Waals surface area contributed by atoms with Crippen LogP contribution in [0.5, 0.6) is 0 Å². The molecule has 12 aromatic carbocycles. The van der Waals surface area contributed by atoms with E-state index in [0.29, 0.717) is 39.2 Å². The molecule has 4 aromatic heterocycles. The molecular formula is C86H61F3N8. The highest BCUT2D eigenvalue weighted by atomic mass is 19.4. The van der Waals surface area contributed by atoms with Gasteiger partial charge in [-0.3, -0.25) is 0 Å². The average molecular weight is 1260 g/mol. The maximum absolute atomic E-state index is 13.9. The van der Waals surface area contributed by atoms with Crippen molar-refractivity contribution in [3.05, 3.63) is 290 Å². The molecule has 0 saturated heterocycles. The Bertz CT molecular complexity index is 6050. The second-order valence-electron chi connectivity index (χ2n) is 25.5. The molecule has 0 spiro atoms. The molecule has 0 aliphatic carbocycles. The van der Waals surface area contributed by atoms with E-state index < -0.39 is 11.7 Å². The van der Waals surface area contributed by atoms with Crippen molar-refractivity contribution < 1.29 is 13.2 Å². The first kappa shape index (κ1) is 60.8. The number of hydrogen-bond acceptors (Lipinski definition) is 3. The van der Waals surface area contributed by atoms with E-state index in [1.807, 2.05) is 87.5 Å². The minimum Gasteiger partial charge on any atom is -0.307 e. The van der Waals surface area contributed by atoms with Crippen molar-refractivity contribution in [2.75, 3.05) is 0 Å². The molecule has 0 atom stereocenters. The zero-order valence-electron chi connectivity index (χ0n) is 54.8. The van der Waals surface area contributed by atoms with Crippen LogP contribution in [-0.4, -0.2) is 18.3 Å². The van der Waals surface area contributed by atoms with Crippen LogP contribution < -0.4 is 0 Å². The molecule has 0 fully saturated rings. The molecule has 0 saturated carbocycles. The van der Waals surface area contributed by atoms with E-state index in [4.69, 9.17) is 6.57 Å². The van der Waals surface area contributed by atoms with E-state index in [1.165, 1.54) is 16.8 Å². The predicted octanol–water partition coefficient (Wildman–Crippen LogP) is 23.1. The lowest BCUT2D eigenvalue weighted by Crippen LogP contribution is -2.08.